The SMILES string of the molecule is CCN(CCCNCC(C)C)C(C)CN(C)C. The summed E-state index contributed by atoms with van der Waals surface area (Å²) in [5.74, 6) is 0.755. The smallest absolute Gasteiger partial charge is 0.0194 e. The summed E-state index contributed by atoms with van der Waals surface area (Å²) >= 11 is 0. The molecule has 0 radical (unpaired) electrons. The molecule has 1 unspecified atom stereocenters. The summed E-state index contributed by atoms with van der Waals surface area (Å²) in [6.45, 7) is 14.9. The quantitative estimate of drug-likeness (QED) is 0.591. The van der Waals surface area contributed by atoms with Crippen molar-refractivity contribution in [2.45, 2.75) is 40.2 Å². The summed E-state index contributed by atoms with van der Waals surface area (Å²) in [4.78, 5) is 4.83. The second-order valence-corrected chi connectivity index (χ2v) is 5.69. The van der Waals surface area contributed by atoms with Gasteiger partial charge in [0.1, 0.15) is 0 Å². The van der Waals surface area contributed by atoms with E-state index in [1.165, 1.54) is 13.0 Å². The van der Waals surface area contributed by atoms with Gasteiger partial charge in [0.25, 0.3) is 0 Å². The van der Waals surface area contributed by atoms with E-state index in [1.54, 1.807) is 0 Å². The standard InChI is InChI=1S/C14H33N3/c1-7-17(14(4)12-16(5)6)10-8-9-15-11-13(2)3/h13-15H,7-12H2,1-6H3. The molecule has 3 heteroatoms. The highest BCUT2D eigenvalue weighted by Gasteiger charge is 2.11. The second kappa shape index (κ2) is 9.86. The molecule has 104 valence electrons. The van der Waals surface area contributed by atoms with Gasteiger partial charge in [-0.3, -0.25) is 4.90 Å². The van der Waals surface area contributed by atoms with Crippen molar-refractivity contribution in [3.8, 4) is 0 Å². The van der Waals surface area contributed by atoms with Crippen molar-refractivity contribution in [2.24, 2.45) is 5.92 Å². The van der Waals surface area contributed by atoms with Gasteiger partial charge in [-0.05, 0) is 59.5 Å². The number of hydrogen-bond donors (Lipinski definition) is 1. The molecular formula is C14H33N3. The molecule has 0 amide bonds. The Morgan fingerprint density at radius 3 is 2.24 bits per heavy atom. The molecule has 0 fully saturated rings. The van der Waals surface area contributed by atoms with Crippen molar-refractivity contribution in [3.05, 3.63) is 0 Å². The average molecular weight is 243 g/mol. The number of likely N-dealkylation sites (N-methyl/N-ethyl adjacent to an activating group) is 2. The predicted octanol–water partition coefficient (Wildman–Crippen LogP) is 1.89. The van der Waals surface area contributed by atoms with Gasteiger partial charge in [-0.15, -0.1) is 0 Å². The van der Waals surface area contributed by atoms with Crippen molar-refractivity contribution >= 4 is 0 Å². The van der Waals surface area contributed by atoms with E-state index in [0.717, 1.165) is 32.1 Å². The lowest BCUT2D eigenvalue weighted by atomic mass is 10.2. The molecule has 0 aromatic heterocycles. The van der Waals surface area contributed by atoms with Crippen LogP contribution in [0.25, 0.3) is 0 Å². The van der Waals surface area contributed by atoms with Gasteiger partial charge in [-0.2, -0.15) is 0 Å². The van der Waals surface area contributed by atoms with Crippen LogP contribution in [0.2, 0.25) is 0 Å². The largest absolute Gasteiger partial charge is 0.316 e. The molecule has 0 aliphatic carbocycles. The van der Waals surface area contributed by atoms with Gasteiger partial charge in [0, 0.05) is 12.6 Å². The highest BCUT2D eigenvalue weighted by atomic mass is 15.2. The van der Waals surface area contributed by atoms with Crippen LogP contribution in [0.4, 0.5) is 0 Å². The maximum atomic E-state index is 3.51. The van der Waals surface area contributed by atoms with E-state index >= 15 is 0 Å². The van der Waals surface area contributed by atoms with Gasteiger partial charge < -0.3 is 10.2 Å². The Morgan fingerprint density at radius 1 is 1.12 bits per heavy atom. The van der Waals surface area contributed by atoms with Crippen molar-refractivity contribution in [3.63, 3.8) is 0 Å². The van der Waals surface area contributed by atoms with Crippen molar-refractivity contribution < 1.29 is 0 Å². The zero-order valence-corrected chi connectivity index (χ0v) is 12.8. The first kappa shape index (κ1) is 16.9. The number of hydrogen-bond acceptors (Lipinski definition) is 3. The Hall–Kier alpha value is -0.120. The lowest BCUT2D eigenvalue weighted by molar-refractivity contribution is 0.179. The Kier molecular flexibility index (Phi) is 9.79. The maximum Gasteiger partial charge on any atom is 0.0194 e. The minimum atomic E-state index is 0.653. The fourth-order valence-corrected chi connectivity index (χ4v) is 2.13. The first-order valence-electron chi connectivity index (χ1n) is 7.06. The molecule has 0 spiro atoms. The van der Waals surface area contributed by atoms with Gasteiger partial charge in [-0.1, -0.05) is 20.8 Å². The molecule has 0 aliphatic heterocycles. The lowest BCUT2D eigenvalue weighted by Gasteiger charge is -2.30. The monoisotopic (exact) mass is 243 g/mol. The molecule has 0 rings (SSSR count). The van der Waals surface area contributed by atoms with Gasteiger partial charge in [0.15, 0.2) is 0 Å². The van der Waals surface area contributed by atoms with Crippen molar-refractivity contribution in [1.82, 2.24) is 15.1 Å². The molecule has 0 saturated heterocycles. The molecule has 1 atom stereocenters. The van der Waals surface area contributed by atoms with Gasteiger partial charge >= 0.3 is 0 Å². The first-order valence-corrected chi connectivity index (χ1v) is 7.06. The van der Waals surface area contributed by atoms with Gasteiger partial charge in [0.2, 0.25) is 0 Å². The molecule has 0 aliphatic rings. The normalized spacial score (nSPS) is 13.9. The van der Waals surface area contributed by atoms with Crippen LogP contribution in [0.3, 0.4) is 0 Å². The summed E-state index contributed by atoms with van der Waals surface area (Å²) in [5, 5.41) is 3.51. The summed E-state index contributed by atoms with van der Waals surface area (Å²) in [6, 6.07) is 0.653. The lowest BCUT2D eigenvalue weighted by Crippen LogP contribution is -2.41. The number of rotatable bonds is 10. The highest BCUT2D eigenvalue weighted by molar-refractivity contribution is 4.68. The van der Waals surface area contributed by atoms with E-state index < -0.39 is 0 Å². The molecule has 0 heterocycles. The van der Waals surface area contributed by atoms with E-state index in [9.17, 15) is 0 Å². The second-order valence-electron chi connectivity index (χ2n) is 5.69. The Bertz CT molecular complexity index is 169. The highest BCUT2D eigenvalue weighted by Crippen LogP contribution is 2.01. The fraction of sp³-hybridized carbons (Fsp3) is 1.00. The van der Waals surface area contributed by atoms with Crippen LogP contribution in [-0.2, 0) is 0 Å². The first-order chi connectivity index (χ1) is 7.97. The van der Waals surface area contributed by atoms with E-state index in [0.29, 0.717) is 6.04 Å². The topological polar surface area (TPSA) is 18.5 Å². The van der Waals surface area contributed by atoms with Crippen LogP contribution in [0.15, 0.2) is 0 Å². The van der Waals surface area contributed by atoms with Gasteiger partial charge in [-0.25, -0.2) is 0 Å². The fourth-order valence-electron chi connectivity index (χ4n) is 2.13. The van der Waals surface area contributed by atoms with E-state index in [-0.39, 0.29) is 0 Å². The molecule has 0 aromatic carbocycles. The number of nitrogens with one attached hydrogen (secondary N) is 1. The molecule has 1 N–H and O–H groups in total. The van der Waals surface area contributed by atoms with E-state index in [2.05, 4.69) is 56.9 Å². The minimum Gasteiger partial charge on any atom is -0.316 e. The average Bonchev–Trinajstić information content (AvgIpc) is 2.21. The van der Waals surface area contributed by atoms with Crippen LogP contribution in [0.5, 0.6) is 0 Å². The third-order valence-corrected chi connectivity index (χ3v) is 3.01. The zero-order chi connectivity index (χ0) is 13.3. The van der Waals surface area contributed by atoms with Crippen LogP contribution < -0.4 is 5.32 Å². The molecule has 3 nitrogen and oxygen atoms in total. The summed E-state index contributed by atoms with van der Waals surface area (Å²) < 4.78 is 0. The maximum absolute atomic E-state index is 3.51. The van der Waals surface area contributed by atoms with E-state index in [4.69, 9.17) is 0 Å². The van der Waals surface area contributed by atoms with Gasteiger partial charge in [0.05, 0.1) is 0 Å². The zero-order valence-electron chi connectivity index (χ0n) is 12.8. The molecule has 0 aromatic rings. The third-order valence-electron chi connectivity index (χ3n) is 3.01. The number of nitrogens with zero attached hydrogens (tertiary/aromatic N) is 2. The summed E-state index contributed by atoms with van der Waals surface area (Å²) in [6.07, 6.45) is 1.25. The summed E-state index contributed by atoms with van der Waals surface area (Å²) in [7, 11) is 4.29. The third kappa shape index (κ3) is 9.57. The molecule has 0 saturated carbocycles. The van der Waals surface area contributed by atoms with Crippen LogP contribution >= 0.6 is 0 Å². The molecule has 17 heavy (non-hydrogen) atoms. The van der Waals surface area contributed by atoms with Crippen molar-refractivity contribution in [2.75, 3.05) is 46.8 Å². The summed E-state index contributed by atoms with van der Waals surface area (Å²) in [5.41, 5.74) is 0. The minimum absolute atomic E-state index is 0.653. The molecule has 0 bridgehead atoms. The van der Waals surface area contributed by atoms with E-state index in [1.807, 2.05) is 0 Å². The van der Waals surface area contributed by atoms with Crippen LogP contribution in [0.1, 0.15) is 34.1 Å². The van der Waals surface area contributed by atoms with Crippen LogP contribution in [0, 0.1) is 5.92 Å². The molecular weight excluding hydrogens is 210 g/mol. The van der Waals surface area contributed by atoms with Crippen LogP contribution in [-0.4, -0.2) is 62.7 Å². The Labute approximate surface area is 109 Å². The predicted molar refractivity (Wildman–Crippen MR) is 77.6 cm³/mol. The van der Waals surface area contributed by atoms with Crippen molar-refractivity contribution in [1.29, 1.82) is 0 Å². The Morgan fingerprint density at radius 2 is 1.76 bits per heavy atom. The Balaban J connectivity index is 3.67.